The molecule has 0 bridgehead atoms. The summed E-state index contributed by atoms with van der Waals surface area (Å²) < 4.78 is 1.52. The Morgan fingerprint density at radius 2 is 1.93 bits per heavy atom. The fourth-order valence-electron chi connectivity index (χ4n) is 4.48. The number of amides is 2. The molecular weight excluding hydrogens is 376 g/mol. The van der Waals surface area contributed by atoms with Crippen LogP contribution < -0.4 is 16.6 Å². The summed E-state index contributed by atoms with van der Waals surface area (Å²) in [6.45, 7) is 0.243. The van der Waals surface area contributed by atoms with Crippen LogP contribution in [0.1, 0.15) is 61.8 Å². The Bertz CT molecular complexity index is 972. The Hall–Kier alpha value is -2.22. The topological polar surface area (TPSA) is 107 Å². The summed E-state index contributed by atoms with van der Waals surface area (Å²) in [5, 5.41) is 3.58. The lowest BCUT2D eigenvalue weighted by Gasteiger charge is -2.35. The molecule has 1 fully saturated rings. The molecule has 150 valence electrons. The molecule has 0 atom stereocenters. The SMILES string of the molecule is NC(=O)C1(NC(=O)CCn2cnc3sc4c(c3c2=O)CCCC4)CCCCC1. The average molecular weight is 403 g/mol. The van der Waals surface area contributed by atoms with Gasteiger partial charge in [0.15, 0.2) is 0 Å². The lowest BCUT2D eigenvalue weighted by molar-refractivity contribution is -0.133. The van der Waals surface area contributed by atoms with E-state index in [-0.39, 0.29) is 24.4 Å². The summed E-state index contributed by atoms with van der Waals surface area (Å²) in [4.78, 5) is 43.9. The highest BCUT2D eigenvalue weighted by Gasteiger charge is 2.39. The van der Waals surface area contributed by atoms with Crippen molar-refractivity contribution in [1.29, 1.82) is 0 Å². The zero-order valence-corrected chi connectivity index (χ0v) is 16.8. The van der Waals surface area contributed by atoms with Gasteiger partial charge in [0.25, 0.3) is 5.56 Å². The number of aryl methyl sites for hydroxylation is 3. The molecular formula is C20H26N4O3S. The predicted molar refractivity (Wildman–Crippen MR) is 108 cm³/mol. The summed E-state index contributed by atoms with van der Waals surface area (Å²) in [5.41, 5.74) is 5.72. The van der Waals surface area contributed by atoms with Crippen molar-refractivity contribution < 1.29 is 9.59 Å². The number of carbonyl (C=O) groups excluding carboxylic acids is 2. The van der Waals surface area contributed by atoms with Crippen LogP contribution in [0.25, 0.3) is 10.2 Å². The van der Waals surface area contributed by atoms with E-state index < -0.39 is 11.4 Å². The zero-order valence-electron chi connectivity index (χ0n) is 16.0. The highest BCUT2D eigenvalue weighted by molar-refractivity contribution is 7.18. The van der Waals surface area contributed by atoms with Gasteiger partial charge < -0.3 is 11.1 Å². The van der Waals surface area contributed by atoms with E-state index in [1.165, 1.54) is 15.8 Å². The minimum absolute atomic E-state index is 0.0699. The number of thiophene rings is 1. The van der Waals surface area contributed by atoms with Crippen LogP contribution in [-0.4, -0.2) is 26.9 Å². The Kier molecular flexibility index (Phi) is 5.23. The first-order valence-electron chi connectivity index (χ1n) is 10.1. The van der Waals surface area contributed by atoms with Crippen LogP contribution in [0.2, 0.25) is 0 Å². The fraction of sp³-hybridized carbons (Fsp3) is 0.600. The van der Waals surface area contributed by atoms with E-state index in [2.05, 4.69) is 10.3 Å². The maximum atomic E-state index is 13.0. The van der Waals surface area contributed by atoms with Gasteiger partial charge in [-0.3, -0.25) is 19.0 Å². The lowest BCUT2D eigenvalue weighted by atomic mass is 9.81. The van der Waals surface area contributed by atoms with Crippen LogP contribution in [-0.2, 0) is 29.0 Å². The number of primary amides is 1. The van der Waals surface area contributed by atoms with Gasteiger partial charge in [-0.2, -0.15) is 0 Å². The molecule has 7 nitrogen and oxygen atoms in total. The highest BCUT2D eigenvalue weighted by Crippen LogP contribution is 2.33. The predicted octanol–water partition coefficient (Wildman–Crippen LogP) is 2.03. The van der Waals surface area contributed by atoms with Crippen molar-refractivity contribution in [2.45, 2.75) is 76.3 Å². The molecule has 0 spiro atoms. The number of nitrogens with two attached hydrogens (primary N) is 1. The maximum Gasteiger partial charge on any atom is 0.262 e. The molecule has 0 radical (unpaired) electrons. The van der Waals surface area contributed by atoms with Crippen molar-refractivity contribution in [3.05, 3.63) is 27.1 Å². The van der Waals surface area contributed by atoms with E-state index in [9.17, 15) is 14.4 Å². The van der Waals surface area contributed by atoms with E-state index in [4.69, 9.17) is 5.73 Å². The van der Waals surface area contributed by atoms with Gasteiger partial charge in [-0.05, 0) is 44.1 Å². The minimum Gasteiger partial charge on any atom is -0.368 e. The van der Waals surface area contributed by atoms with Gasteiger partial charge in [-0.1, -0.05) is 19.3 Å². The number of rotatable bonds is 5. The van der Waals surface area contributed by atoms with Gasteiger partial charge in [0.2, 0.25) is 11.8 Å². The first-order valence-corrected chi connectivity index (χ1v) is 10.9. The number of fused-ring (bicyclic) bond motifs is 3. The molecule has 4 rings (SSSR count). The molecule has 0 aliphatic heterocycles. The van der Waals surface area contributed by atoms with Crippen molar-refractivity contribution in [1.82, 2.24) is 14.9 Å². The van der Waals surface area contributed by atoms with E-state index in [1.54, 1.807) is 11.3 Å². The highest BCUT2D eigenvalue weighted by atomic mass is 32.1. The van der Waals surface area contributed by atoms with E-state index in [0.717, 1.165) is 60.7 Å². The lowest BCUT2D eigenvalue weighted by Crippen LogP contribution is -2.58. The smallest absolute Gasteiger partial charge is 0.262 e. The van der Waals surface area contributed by atoms with Gasteiger partial charge in [0, 0.05) is 17.8 Å². The van der Waals surface area contributed by atoms with E-state index in [1.807, 2.05) is 0 Å². The maximum absolute atomic E-state index is 13.0. The van der Waals surface area contributed by atoms with Crippen molar-refractivity contribution in [3.63, 3.8) is 0 Å². The molecule has 0 saturated heterocycles. The molecule has 1 saturated carbocycles. The van der Waals surface area contributed by atoms with E-state index >= 15 is 0 Å². The van der Waals surface area contributed by atoms with Crippen LogP contribution in [0.15, 0.2) is 11.1 Å². The second-order valence-corrected chi connectivity index (χ2v) is 9.02. The largest absolute Gasteiger partial charge is 0.368 e. The molecule has 28 heavy (non-hydrogen) atoms. The third kappa shape index (κ3) is 3.45. The number of aromatic nitrogens is 2. The van der Waals surface area contributed by atoms with Crippen LogP contribution in [0.5, 0.6) is 0 Å². The van der Waals surface area contributed by atoms with Crippen LogP contribution in [0, 0.1) is 0 Å². The van der Waals surface area contributed by atoms with Gasteiger partial charge in [-0.25, -0.2) is 4.98 Å². The van der Waals surface area contributed by atoms with Crippen molar-refractivity contribution in [3.8, 4) is 0 Å². The van der Waals surface area contributed by atoms with Gasteiger partial charge in [0.05, 0.1) is 11.7 Å². The number of carbonyl (C=O) groups is 2. The average Bonchev–Trinajstić information content (AvgIpc) is 3.07. The number of hydrogen-bond donors (Lipinski definition) is 2. The first kappa shape index (κ1) is 19.1. The molecule has 2 aliphatic rings. The molecule has 0 unspecified atom stereocenters. The zero-order chi connectivity index (χ0) is 19.7. The fourth-order valence-corrected chi connectivity index (χ4v) is 5.70. The molecule has 2 amide bonds. The summed E-state index contributed by atoms with van der Waals surface area (Å²) in [6, 6.07) is 0. The Morgan fingerprint density at radius 1 is 1.18 bits per heavy atom. The summed E-state index contributed by atoms with van der Waals surface area (Å²) in [6.07, 6.45) is 9.85. The second-order valence-electron chi connectivity index (χ2n) is 7.94. The molecule has 2 aromatic rings. The normalized spacial score (nSPS) is 18.6. The molecule has 8 heteroatoms. The number of hydrogen-bond acceptors (Lipinski definition) is 5. The summed E-state index contributed by atoms with van der Waals surface area (Å²) in [7, 11) is 0. The molecule has 2 aromatic heterocycles. The van der Waals surface area contributed by atoms with Crippen LogP contribution in [0.3, 0.4) is 0 Å². The van der Waals surface area contributed by atoms with Gasteiger partial charge in [-0.15, -0.1) is 11.3 Å². The first-order chi connectivity index (χ1) is 13.5. The Balaban J connectivity index is 1.49. The number of nitrogens with zero attached hydrogens (tertiary/aromatic N) is 2. The molecule has 0 aromatic carbocycles. The molecule has 2 aliphatic carbocycles. The standard InChI is InChI=1S/C20H26N4O3S/c21-19(27)20(9-4-1-5-10-20)23-15(25)8-11-24-12-22-17-16(18(24)26)13-6-2-3-7-14(13)28-17/h12H,1-11H2,(H2,21,27)(H,23,25). The van der Waals surface area contributed by atoms with Crippen molar-refractivity contribution in [2.24, 2.45) is 5.73 Å². The number of nitrogens with one attached hydrogen (secondary N) is 1. The van der Waals surface area contributed by atoms with Crippen molar-refractivity contribution >= 4 is 33.4 Å². The summed E-state index contributed by atoms with van der Waals surface area (Å²) in [5.74, 6) is -0.717. The monoisotopic (exact) mass is 402 g/mol. The van der Waals surface area contributed by atoms with Crippen molar-refractivity contribution in [2.75, 3.05) is 0 Å². The third-order valence-electron chi connectivity index (χ3n) is 6.08. The van der Waals surface area contributed by atoms with Gasteiger partial charge >= 0.3 is 0 Å². The molecule has 2 heterocycles. The Morgan fingerprint density at radius 3 is 2.68 bits per heavy atom. The third-order valence-corrected chi connectivity index (χ3v) is 7.28. The Labute approximate surface area is 167 Å². The van der Waals surface area contributed by atoms with Crippen LogP contribution >= 0.6 is 11.3 Å². The quantitative estimate of drug-likeness (QED) is 0.798. The summed E-state index contributed by atoms with van der Waals surface area (Å²) >= 11 is 1.62. The minimum atomic E-state index is -0.936. The van der Waals surface area contributed by atoms with Crippen LogP contribution in [0.4, 0.5) is 0 Å². The molecule has 3 N–H and O–H groups in total. The van der Waals surface area contributed by atoms with E-state index in [0.29, 0.717) is 12.8 Å². The second kappa shape index (κ2) is 7.66. The van der Waals surface area contributed by atoms with Gasteiger partial charge in [0.1, 0.15) is 10.4 Å².